The number of hydrogen-bond donors (Lipinski definition) is 0. The van der Waals surface area contributed by atoms with E-state index in [0.29, 0.717) is 17.1 Å². The molecule has 2 aromatic rings. The van der Waals surface area contributed by atoms with Crippen molar-refractivity contribution >= 4 is 28.7 Å². The van der Waals surface area contributed by atoms with Crippen molar-refractivity contribution in [2.24, 2.45) is 0 Å². The van der Waals surface area contributed by atoms with Crippen LogP contribution in [0.3, 0.4) is 0 Å². The molecule has 0 bridgehead atoms. The van der Waals surface area contributed by atoms with Crippen molar-refractivity contribution in [3.63, 3.8) is 0 Å². The number of hydrogen-bond acceptors (Lipinski definition) is 3. The van der Waals surface area contributed by atoms with E-state index in [-0.39, 0.29) is 5.78 Å². The van der Waals surface area contributed by atoms with E-state index < -0.39 is 0 Å². The summed E-state index contributed by atoms with van der Waals surface area (Å²) in [7, 11) is 0. The lowest BCUT2D eigenvalue weighted by atomic mass is 10.1. The fourth-order valence-electron chi connectivity index (χ4n) is 1.68. The van der Waals surface area contributed by atoms with Crippen molar-refractivity contribution in [3.8, 4) is 0 Å². The van der Waals surface area contributed by atoms with Crippen LogP contribution in [-0.4, -0.2) is 15.6 Å². The summed E-state index contributed by atoms with van der Waals surface area (Å²) < 4.78 is 1.69. The van der Waals surface area contributed by atoms with Crippen LogP contribution < -0.4 is 0 Å². The normalized spacial score (nSPS) is 10.7. The Bertz CT molecular complexity index is 505. The van der Waals surface area contributed by atoms with E-state index in [2.05, 4.69) is 5.10 Å². The monoisotopic (exact) mass is 268 g/mol. The Morgan fingerprint density at radius 1 is 1.59 bits per heavy atom. The molecule has 0 spiro atoms. The molecule has 0 amide bonds. The summed E-state index contributed by atoms with van der Waals surface area (Å²) in [5.41, 5.74) is 1.56. The SMILES string of the molecule is CCCn1ncc(Cl)c1C(=O)Cc1ccsc1. The number of rotatable bonds is 5. The summed E-state index contributed by atoms with van der Waals surface area (Å²) in [4.78, 5) is 12.1. The Hall–Kier alpha value is -1.13. The predicted molar refractivity (Wildman–Crippen MR) is 69.9 cm³/mol. The zero-order valence-corrected chi connectivity index (χ0v) is 11.1. The first-order valence-electron chi connectivity index (χ1n) is 5.48. The predicted octanol–water partition coefficient (Wildman–Crippen LogP) is 3.43. The number of aromatic nitrogens is 2. The van der Waals surface area contributed by atoms with Crippen LogP contribution in [0.5, 0.6) is 0 Å². The van der Waals surface area contributed by atoms with E-state index in [1.807, 2.05) is 23.8 Å². The number of ketones is 1. The van der Waals surface area contributed by atoms with Gasteiger partial charge in [-0.25, -0.2) is 0 Å². The number of nitrogens with zero attached hydrogens (tertiary/aromatic N) is 2. The molecule has 17 heavy (non-hydrogen) atoms. The molecule has 2 heterocycles. The topological polar surface area (TPSA) is 34.9 Å². The van der Waals surface area contributed by atoms with Gasteiger partial charge >= 0.3 is 0 Å². The van der Waals surface area contributed by atoms with E-state index in [9.17, 15) is 4.79 Å². The molecule has 0 atom stereocenters. The van der Waals surface area contributed by atoms with Gasteiger partial charge < -0.3 is 0 Å². The molecule has 0 aliphatic heterocycles. The third-order valence-electron chi connectivity index (χ3n) is 2.44. The highest BCUT2D eigenvalue weighted by atomic mass is 35.5. The average Bonchev–Trinajstić information content (AvgIpc) is 2.89. The molecule has 0 fully saturated rings. The molecule has 3 nitrogen and oxygen atoms in total. The van der Waals surface area contributed by atoms with E-state index in [1.54, 1.807) is 16.0 Å². The third kappa shape index (κ3) is 2.76. The van der Waals surface area contributed by atoms with Crippen molar-refractivity contribution in [3.05, 3.63) is 39.3 Å². The second-order valence-electron chi connectivity index (χ2n) is 3.80. The Morgan fingerprint density at radius 3 is 3.06 bits per heavy atom. The molecule has 0 N–H and O–H groups in total. The van der Waals surface area contributed by atoms with Gasteiger partial charge in [0, 0.05) is 13.0 Å². The molecule has 0 saturated heterocycles. The molecule has 2 rings (SSSR count). The van der Waals surface area contributed by atoms with Gasteiger partial charge in [-0.2, -0.15) is 16.4 Å². The molecular weight excluding hydrogens is 256 g/mol. The van der Waals surface area contributed by atoms with Crippen LogP contribution >= 0.6 is 22.9 Å². The summed E-state index contributed by atoms with van der Waals surface area (Å²) in [6.07, 6.45) is 2.85. The van der Waals surface area contributed by atoms with Crippen LogP contribution in [0.15, 0.2) is 23.0 Å². The molecule has 0 aromatic carbocycles. The van der Waals surface area contributed by atoms with Gasteiger partial charge in [0.25, 0.3) is 0 Å². The third-order valence-corrected chi connectivity index (χ3v) is 3.45. The molecule has 0 unspecified atom stereocenters. The fraction of sp³-hybridized carbons (Fsp3) is 0.333. The van der Waals surface area contributed by atoms with Gasteiger partial charge in [0.15, 0.2) is 5.78 Å². The summed E-state index contributed by atoms with van der Waals surface area (Å²) in [6.45, 7) is 2.76. The zero-order valence-electron chi connectivity index (χ0n) is 9.52. The van der Waals surface area contributed by atoms with Crippen molar-refractivity contribution in [2.75, 3.05) is 0 Å². The quantitative estimate of drug-likeness (QED) is 0.779. The van der Waals surface area contributed by atoms with Gasteiger partial charge in [-0.1, -0.05) is 18.5 Å². The van der Waals surface area contributed by atoms with E-state index >= 15 is 0 Å². The summed E-state index contributed by atoms with van der Waals surface area (Å²) in [5, 5.41) is 8.51. The number of aryl methyl sites for hydroxylation is 1. The average molecular weight is 269 g/mol. The van der Waals surface area contributed by atoms with Crippen LogP contribution in [0.2, 0.25) is 5.02 Å². The van der Waals surface area contributed by atoms with Gasteiger partial charge in [0.05, 0.1) is 11.2 Å². The smallest absolute Gasteiger partial charge is 0.186 e. The summed E-state index contributed by atoms with van der Waals surface area (Å²) in [5.74, 6) is 0.0272. The van der Waals surface area contributed by atoms with Gasteiger partial charge in [-0.3, -0.25) is 9.48 Å². The highest BCUT2D eigenvalue weighted by molar-refractivity contribution is 7.08. The highest BCUT2D eigenvalue weighted by Gasteiger charge is 2.17. The van der Waals surface area contributed by atoms with Crippen LogP contribution in [0.25, 0.3) is 0 Å². The van der Waals surface area contributed by atoms with Gasteiger partial charge in [-0.15, -0.1) is 0 Å². The van der Waals surface area contributed by atoms with Gasteiger partial charge in [-0.05, 0) is 28.8 Å². The van der Waals surface area contributed by atoms with Crippen LogP contribution in [0, 0.1) is 0 Å². The van der Waals surface area contributed by atoms with Crippen molar-refractivity contribution in [2.45, 2.75) is 26.3 Å². The second-order valence-corrected chi connectivity index (χ2v) is 4.98. The number of carbonyl (C=O) groups is 1. The maximum Gasteiger partial charge on any atom is 0.186 e. The van der Waals surface area contributed by atoms with E-state index in [0.717, 1.165) is 18.5 Å². The molecule has 0 radical (unpaired) electrons. The number of Topliss-reactive ketones (excluding diaryl/α,β-unsaturated/α-hetero) is 1. The highest BCUT2D eigenvalue weighted by Crippen LogP contribution is 2.18. The second kappa shape index (κ2) is 5.47. The Labute approximate surface area is 109 Å². The molecule has 0 saturated carbocycles. The molecular formula is C12H13ClN2OS. The minimum Gasteiger partial charge on any atom is -0.292 e. The van der Waals surface area contributed by atoms with Crippen LogP contribution in [0.4, 0.5) is 0 Å². The fourth-order valence-corrected chi connectivity index (χ4v) is 2.60. The lowest BCUT2D eigenvalue weighted by Gasteiger charge is -2.05. The Kier molecular flexibility index (Phi) is 3.97. The van der Waals surface area contributed by atoms with E-state index in [4.69, 9.17) is 11.6 Å². The number of carbonyl (C=O) groups excluding carboxylic acids is 1. The van der Waals surface area contributed by atoms with Gasteiger partial charge in [0.1, 0.15) is 5.69 Å². The molecule has 90 valence electrons. The first-order chi connectivity index (χ1) is 8.22. The molecule has 2 aromatic heterocycles. The Morgan fingerprint density at radius 2 is 2.41 bits per heavy atom. The van der Waals surface area contributed by atoms with Crippen LogP contribution in [0.1, 0.15) is 29.4 Å². The largest absolute Gasteiger partial charge is 0.292 e. The lowest BCUT2D eigenvalue weighted by Crippen LogP contribution is -2.12. The number of halogens is 1. The maximum absolute atomic E-state index is 12.1. The van der Waals surface area contributed by atoms with Crippen LogP contribution in [-0.2, 0) is 13.0 Å². The van der Waals surface area contributed by atoms with Crippen molar-refractivity contribution in [1.82, 2.24) is 9.78 Å². The standard InChI is InChI=1S/C12H13ClN2OS/c1-2-4-15-12(10(13)7-14-15)11(16)6-9-3-5-17-8-9/h3,5,7-8H,2,4,6H2,1H3. The van der Waals surface area contributed by atoms with Crippen molar-refractivity contribution in [1.29, 1.82) is 0 Å². The molecule has 5 heteroatoms. The minimum absolute atomic E-state index is 0.0272. The maximum atomic E-state index is 12.1. The van der Waals surface area contributed by atoms with E-state index in [1.165, 1.54) is 6.20 Å². The zero-order chi connectivity index (χ0) is 12.3. The van der Waals surface area contributed by atoms with Gasteiger partial charge in [0.2, 0.25) is 0 Å². The van der Waals surface area contributed by atoms with Crippen molar-refractivity contribution < 1.29 is 4.79 Å². The molecule has 0 aliphatic carbocycles. The summed E-state index contributed by atoms with van der Waals surface area (Å²) >= 11 is 7.60. The lowest BCUT2D eigenvalue weighted by molar-refractivity contribution is 0.0982. The minimum atomic E-state index is 0.0272. The first kappa shape index (κ1) is 12.3. The first-order valence-corrected chi connectivity index (χ1v) is 6.80. The molecule has 0 aliphatic rings. The summed E-state index contributed by atoms with van der Waals surface area (Å²) in [6, 6.07) is 1.96. The number of thiophene rings is 1. The Balaban J connectivity index is 2.21.